The van der Waals surface area contributed by atoms with E-state index in [0.717, 1.165) is 12.1 Å². The summed E-state index contributed by atoms with van der Waals surface area (Å²) in [5, 5.41) is 2.56. The summed E-state index contributed by atoms with van der Waals surface area (Å²) in [6.45, 7) is 7.66. The molecule has 0 aliphatic heterocycles. The third-order valence-electron chi connectivity index (χ3n) is 5.05. The molecule has 24 heavy (non-hydrogen) atoms. The molecule has 0 spiro atoms. The smallest absolute Gasteiger partial charge is 0.378 e. The molecule has 1 aromatic rings. The highest BCUT2D eigenvalue weighted by Crippen LogP contribution is 2.50. The number of halogens is 3. The summed E-state index contributed by atoms with van der Waals surface area (Å²) in [4.78, 5) is 12.6. The zero-order valence-electron chi connectivity index (χ0n) is 14.3. The standard InChI is InChI=1S/C17H23F3N2O2/c1-5-24-13-9-16(21,15(13,3)4)14(23)22-12-8-11(17(18,19)20)7-6-10(12)2/h6-8,13H,5,9,21H2,1-4H3,(H,22,23). The molecular weight excluding hydrogens is 321 g/mol. The van der Waals surface area contributed by atoms with Crippen LogP contribution < -0.4 is 11.1 Å². The molecule has 1 aliphatic carbocycles. The lowest BCUT2D eigenvalue weighted by Crippen LogP contribution is -2.74. The molecule has 1 amide bonds. The number of nitrogens with one attached hydrogen (secondary N) is 1. The van der Waals surface area contributed by atoms with Gasteiger partial charge in [0.1, 0.15) is 5.54 Å². The van der Waals surface area contributed by atoms with Crippen molar-refractivity contribution in [1.29, 1.82) is 0 Å². The van der Waals surface area contributed by atoms with E-state index in [-0.39, 0.29) is 11.8 Å². The number of anilines is 1. The molecule has 3 N–H and O–H groups in total. The molecule has 0 saturated heterocycles. The Balaban J connectivity index is 2.22. The number of carbonyl (C=O) groups is 1. The Morgan fingerprint density at radius 3 is 2.54 bits per heavy atom. The zero-order valence-corrected chi connectivity index (χ0v) is 14.3. The highest BCUT2D eigenvalue weighted by Gasteiger charge is 2.62. The molecule has 2 rings (SSSR count). The van der Waals surface area contributed by atoms with Crippen molar-refractivity contribution in [3.05, 3.63) is 29.3 Å². The first-order valence-corrected chi connectivity index (χ1v) is 7.83. The van der Waals surface area contributed by atoms with Crippen LogP contribution in [0.3, 0.4) is 0 Å². The minimum Gasteiger partial charge on any atom is -0.378 e. The third-order valence-corrected chi connectivity index (χ3v) is 5.05. The minimum absolute atomic E-state index is 0.121. The number of alkyl halides is 3. The van der Waals surface area contributed by atoms with Gasteiger partial charge in [0.25, 0.3) is 0 Å². The Bertz CT molecular complexity index is 643. The van der Waals surface area contributed by atoms with Crippen molar-refractivity contribution < 1.29 is 22.7 Å². The molecule has 7 heteroatoms. The van der Waals surface area contributed by atoms with Gasteiger partial charge in [-0.3, -0.25) is 4.79 Å². The van der Waals surface area contributed by atoms with Crippen LogP contribution in [-0.4, -0.2) is 24.2 Å². The normalized spacial score (nSPS) is 25.9. The average Bonchev–Trinajstić information content (AvgIpc) is 2.47. The van der Waals surface area contributed by atoms with Crippen LogP contribution in [0.5, 0.6) is 0 Å². The third kappa shape index (κ3) is 3.02. The van der Waals surface area contributed by atoms with Crippen LogP contribution in [0.4, 0.5) is 18.9 Å². The maximum absolute atomic E-state index is 12.9. The molecule has 134 valence electrons. The van der Waals surface area contributed by atoms with E-state index >= 15 is 0 Å². The summed E-state index contributed by atoms with van der Waals surface area (Å²) >= 11 is 0. The lowest BCUT2D eigenvalue weighted by atomic mass is 9.54. The van der Waals surface area contributed by atoms with E-state index in [1.807, 2.05) is 20.8 Å². The first kappa shape index (κ1) is 18.7. The lowest BCUT2D eigenvalue weighted by molar-refractivity contribution is -0.166. The van der Waals surface area contributed by atoms with Crippen LogP contribution >= 0.6 is 0 Å². The quantitative estimate of drug-likeness (QED) is 0.879. The molecule has 0 bridgehead atoms. The van der Waals surface area contributed by atoms with E-state index in [4.69, 9.17) is 10.5 Å². The first-order valence-electron chi connectivity index (χ1n) is 7.83. The number of ether oxygens (including phenoxy) is 1. The van der Waals surface area contributed by atoms with Gasteiger partial charge in [0, 0.05) is 24.1 Å². The highest BCUT2D eigenvalue weighted by atomic mass is 19.4. The molecular formula is C17H23F3N2O2. The summed E-state index contributed by atoms with van der Waals surface area (Å²) in [6, 6.07) is 3.25. The number of hydrogen-bond donors (Lipinski definition) is 2. The van der Waals surface area contributed by atoms with Crippen LogP contribution in [0.15, 0.2) is 18.2 Å². The van der Waals surface area contributed by atoms with Crippen molar-refractivity contribution in [2.75, 3.05) is 11.9 Å². The van der Waals surface area contributed by atoms with Crippen LogP contribution in [-0.2, 0) is 15.7 Å². The molecule has 2 atom stereocenters. The number of hydrogen-bond acceptors (Lipinski definition) is 3. The Morgan fingerprint density at radius 2 is 2.04 bits per heavy atom. The molecule has 1 aromatic carbocycles. The Labute approximate surface area is 139 Å². The van der Waals surface area contributed by atoms with Crippen molar-refractivity contribution in [2.45, 2.75) is 51.9 Å². The minimum atomic E-state index is -4.47. The Hall–Kier alpha value is -1.60. The van der Waals surface area contributed by atoms with Crippen molar-refractivity contribution in [2.24, 2.45) is 11.1 Å². The number of amides is 1. The van der Waals surface area contributed by atoms with Crippen molar-refractivity contribution >= 4 is 11.6 Å². The van der Waals surface area contributed by atoms with E-state index in [1.165, 1.54) is 6.07 Å². The van der Waals surface area contributed by atoms with E-state index in [0.29, 0.717) is 18.6 Å². The van der Waals surface area contributed by atoms with Gasteiger partial charge < -0.3 is 15.8 Å². The summed E-state index contributed by atoms with van der Waals surface area (Å²) in [6.07, 6.45) is -4.29. The van der Waals surface area contributed by atoms with Crippen LogP contribution in [0.2, 0.25) is 0 Å². The van der Waals surface area contributed by atoms with Crippen LogP contribution in [0.1, 0.15) is 38.3 Å². The van der Waals surface area contributed by atoms with Crippen molar-refractivity contribution in [3.8, 4) is 0 Å². The summed E-state index contributed by atoms with van der Waals surface area (Å²) in [5.74, 6) is -0.495. The van der Waals surface area contributed by atoms with Gasteiger partial charge in [-0.2, -0.15) is 13.2 Å². The summed E-state index contributed by atoms with van der Waals surface area (Å²) in [7, 11) is 0. The fraction of sp³-hybridized carbons (Fsp3) is 0.588. The lowest BCUT2D eigenvalue weighted by Gasteiger charge is -2.57. The first-order chi connectivity index (χ1) is 10.9. The number of aryl methyl sites for hydroxylation is 1. The van der Waals surface area contributed by atoms with E-state index < -0.39 is 28.6 Å². The van der Waals surface area contributed by atoms with Gasteiger partial charge in [-0.05, 0) is 31.5 Å². The van der Waals surface area contributed by atoms with E-state index in [9.17, 15) is 18.0 Å². The SMILES string of the molecule is CCOC1CC(N)(C(=O)Nc2cc(C(F)(F)F)ccc2C)C1(C)C. The Morgan fingerprint density at radius 1 is 1.42 bits per heavy atom. The summed E-state index contributed by atoms with van der Waals surface area (Å²) in [5.41, 5.74) is 4.31. The summed E-state index contributed by atoms with van der Waals surface area (Å²) < 4.78 is 44.1. The van der Waals surface area contributed by atoms with E-state index in [1.54, 1.807) is 6.92 Å². The van der Waals surface area contributed by atoms with Gasteiger partial charge in [0.05, 0.1) is 11.7 Å². The van der Waals surface area contributed by atoms with Gasteiger partial charge in [-0.15, -0.1) is 0 Å². The van der Waals surface area contributed by atoms with Gasteiger partial charge in [-0.25, -0.2) is 0 Å². The largest absolute Gasteiger partial charge is 0.416 e. The van der Waals surface area contributed by atoms with Gasteiger partial charge in [0.2, 0.25) is 5.91 Å². The maximum atomic E-state index is 12.9. The van der Waals surface area contributed by atoms with E-state index in [2.05, 4.69) is 5.32 Å². The number of carbonyl (C=O) groups excluding carboxylic acids is 1. The fourth-order valence-corrected chi connectivity index (χ4v) is 2.99. The average molecular weight is 344 g/mol. The highest BCUT2D eigenvalue weighted by molar-refractivity contribution is 6.00. The van der Waals surface area contributed by atoms with Crippen LogP contribution in [0.25, 0.3) is 0 Å². The van der Waals surface area contributed by atoms with Crippen molar-refractivity contribution in [3.63, 3.8) is 0 Å². The predicted octanol–water partition coefficient (Wildman–Crippen LogP) is 3.48. The molecule has 0 aromatic heterocycles. The zero-order chi connectivity index (χ0) is 18.3. The molecule has 0 heterocycles. The second-order valence-electron chi connectivity index (χ2n) is 6.82. The molecule has 1 aliphatic rings. The molecule has 1 saturated carbocycles. The monoisotopic (exact) mass is 344 g/mol. The van der Waals surface area contributed by atoms with Crippen LogP contribution in [0, 0.1) is 12.3 Å². The fourth-order valence-electron chi connectivity index (χ4n) is 2.99. The molecule has 1 fully saturated rings. The Kier molecular flexibility index (Phi) is 4.71. The molecule has 0 radical (unpaired) electrons. The van der Waals surface area contributed by atoms with Gasteiger partial charge >= 0.3 is 6.18 Å². The number of nitrogens with two attached hydrogens (primary N) is 1. The van der Waals surface area contributed by atoms with Gasteiger partial charge in [-0.1, -0.05) is 19.9 Å². The molecule has 4 nitrogen and oxygen atoms in total. The maximum Gasteiger partial charge on any atom is 0.416 e. The second-order valence-corrected chi connectivity index (χ2v) is 6.82. The topological polar surface area (TPSA) is 64.3 Å². The molecule has 2 unspecified atom stereocenters. The second kappa shape index (κ2) is 6.04. The number of rotatable bonds is 4. The van der Waals surface area contributed by atoms with Crippen molar-refractivity contribution in [1.82, 2.24) is 0 Å². The predicted molar refractivity (Wildman–Crippen MR) is 85.5 cm³/mol. The van der Waals surface area contributed by atoms with Gasteiger partial charge in [0.15, 0.2) is 0 Å². The number of benzene rings is 1.